The Morgan fingerprint density at radius 3 is 1.58 bits per heavy atom. The number of hydrogen-bond donors (Lipinski definition) is 0. The minimum Gasteiger partial charge on any atom is -0.463 e. The SMILES string of the molecule is CCCCCCCCCCCCCCCC(=O)OCCOCCOCCOCCN(C)C(=O)OCC1c2ccccc2-c2ccccc21. The molecule has 0 heterocycles. The van der Waals surface area contributed by atoms with E-state index in [4.69, 9.17) is 23.7 Å². The number of unbranched alkanes of at least 4 members (excludes halogenated alkanes) is 12. The average Bonchev–Trinajstić information content (AvgIpc) is 3.43. The Labute approximate surface area is 289 Å². The van der Waals surface area contributed by atoms with E-state index in [0.717, 1.165) is 12.8 Å². The summed E-state index contributed by atoms with van der Waals surface area (Å²) in [5.74, 6) is -0.0970. The fourth-order valence-corrected chi connectivity index (χ4v) is 6.11. The molecule has 0 radical (unpaired) electrons. The third-order valence-electron chi connectivity index (χ3n) is 8.94. The van der Waals surface area contributed by atoms with Gasteiger partial charge in [0.1, 0.15) is 13.2 Å². The summed E-state index contributed by atoms with van der Waals surface area (Å²) in [6.45, 7) is 5.77. The van der Waals surface area contributed by atoms with E-state index in [0.29, 0.717) is 59.2 Å². The van der Waals surface area contributed by atoms with Gasteiger partial charge in [0, 0.05) is 25.9 Å². The zero-order valence-corrected chi connectivity index (χ0v) is 29.8. The molecule has 1 aliphatic carbocycles. The zero-order valence-electron chi connectivity index (χ0n) is 29.8. The van der Waals surface area contributed by atoms with Gasteiger partial charge in [-0.3, -0.25) is 4.79 Å². The van der Waals surface area contributed by atoms with Crippen molar-refractivity contribution in [3.63, 3.8) is 0 Å². The summed E-state index contributed by atoms with van der Waals surface area (Å²) in [5, 5.41) is 0. The number of likely N-dealkylation sites (N-methyl/N-ethyl adjacent to an activating group) is 1. The number of carbonyl (C=O) groups excluding carboxylic acids is 2. The summed E-state index contributed by atoms with van der Waals surface area (Å²) in [4.78, 5) is 26.0. The molecule has 0 N–H and O–H groups in total. The molecule has 0 saturated carbocycles. The Bertz CT molecular complexity index is 1110. The Morgan fingerprint density at radius 1 is 0.583 bits per heavy atom. The average molecular weight is 668 g/mol. The van der Waals surface area contributed by atoms with E-state index in [1.165, 1.54) is 97.8 Å². The van der Waals surface area contributed by atoms with Gasteiger partial charge in [-0.25, -0.2) is 4.79 Å². The number of amides is 1. The maximum atomic E-state index is 12.6. The number of hydrogen-bond acceptors (Lipinski definition) is 7. The van der Waals surface area contributed by atoms with Crippen LogP contribution in [0.4, 0.5) is 4.79 Å². The van der Waals surface area contributed by atoms with Crippen LogP contribution in [0, 0.1) is 0 Å². The van der Waals surface area contributed by atoms with Crippen molar-refractivity contribution in [3.05, 3.63) is 59.7 Å². The Balaban J connectivity index is 1.05. The minimum atomic E-state index is -0.362. The van der Waals surface area contributed by atoms with Crippen LogP contribution in [0.3, 0.4) is 0 Å². The van der Waals surface area contributed by atoms with Crippen LogP contribution in [-0.4, -0.2) is 83.4 Å². The van der Waals surface area contributed by atoms with Crippen LogP contribution in [0.15, 0.2) is 48.5 Å². The first-order valence-electron chi connectivity index (χ1n) is 18.6. The van der Waals surface area contributed by atoms with E-state index in [2.05, 4.69) is 31.2 Å². The first-order valence-corrected chi connectivity index (χ1v) is 18.6. The van der Waals surface area contributed by atoms with Gasteiger partial charge in [0.2, 0.25) is 0 Å². The van der Waals surface area contributed by atoms with E-state index in [-0.39, 0.29) is 24.6 Å². The molecular weight excluding hydrogens is 606 g/mol. The summed E-state index contributed by atoms with van der Waals surface area (Å²) in [5.41, 5.74) is 4.81. The number of fused-ring (bicyclic) bond motifs is 3. The van der Waals surface area contributed by atoms with Gasteiger partial charge in [0.25, 0.3) is 0 Å². The van der Waals surface area contributed by atoms with Gasteiger partial charge >= 0.3 is 12.1 Å². The van der Waals surface area contributed by atoms with Crippen molar-refractivity contribution in [3.8, 4) is 11.1 Å². The maximum absolute atomic E-state index is 12.6. The summed E-state index contributed by atoms with van der Waals surface area (Å²) in [7, 11) is 1.72. The minimum absolute atomic E-state index is 0.0425. The number of nitrogens with zero attached hydrogens (tertiary/aromatic N) is 1. The van der Waals surface area contributed by atoms with E-state index < -0.39 is 0 Å². The van der Waals surface area contributed by atoms with Gasteiger partial charge in [-0.2, -0.15) is 0 Å². The molecule has 0 aromatic heterocycles. The fourth-order valence-electron chi connectivity index (χ4n) is 6.11. The quantitative estimate of drug-likeness (QED) is 0.0662. The highest BCUT2D eigenvalue weighted by Crippen LogP contribution is 2.44. The molecule has 3 rings (SSSR count). The van der Waals surface area contributed by atoms with Gasteiger partial charge in [0.15, 0.2) is 0 Å². The van der Waals surface area contributed by atoms with Crippen LogP contribution < -0.4 is 0 Å². The smallest absolute Gasteiger partial charge is 0.409 e. The first-order chi connectivity index (χ1) is 23.6. The lowest BCUT2D eigenvalue weighted by molar-refractivity contribution is -0.145. The van der Waals surface area contributed by atoms with Crippen molar-refractivity contribution in [2.24, 2.45) is 0 Å². The molecule has 2 aromatic rings. The topological polar surface area (TPSA) is 83.5 Å². The van der Waals surface area contributed by atoms with Crippen molar-refractivity contribution in [1.82, 2.24) is 4.90 Å². The van der Waals surface area contributed by atoms with E-state index in [1.807, 2.05) is 24.3 Å². The normalized spacial score (nSPS) is 12.1. The van der Waals surface area contributed by atoms with E-state index >= 15 is 0 Å². The van der Waals surface area contributed by atoms with Crippen molar-refractivity contribution >= 4 is 12.1 Å². The van der Waals surface area contributed by atoms with Gasteiger partial charge < -0.3 is 28.6 Å². The number of ether oxygens (including phenoxy) is 5. The standard InChI is InChI=1S/C40H61NO7/c1-3-4-5-6-7-8-9-10-11-12-13-14-15-24-39(42)47-32-31-46-30-29-45-28-27-44-26-25-41(2)40(43)48-33-38-36-22-18-16-20-34(36)35-21-17-19-23-37(35)38/h16-23,38H,3-15,24-33H2,1-2H3. The molecule has 1 aliphatic rings. The monoisotopic (exact) mass is 667 g/mol. The highest BCUT2D eigenvalue weighted by atomic mass is 16.6. The zero-order chi connectivity index (χ0) is 34.1. The Hall–Kier alpha value is -2.94. The summed E-state index contributed by atoms with van der Waals surface area (Å²) < 4.78 is 27.6. The van der Waals surface area contributed by atoms with Crippen molar-refractivity contribution in [2.75, 3.05) is 66.4 Å². The van der Waals surface area contributed by atoms with Crippen LogP contribution in [0.1, 0.15) is 114 Å². The van der Waals surface area contributed by atoms with Crippen molar-refractivity contribution < 1.29 is 33.3 Å². The van der Waals surface area contributed by atoms with Crippen molar-refractivity contribution in [2.45, 2.75) is 103 Å². The maximum Gasteiger partial charge on any atom is 0.409 e. The first kappa shape index (κ1) is 39.5. The Kier molecular flexibility index (Phi) is 20.6. The molecule has 0 bridgehead atoms. The molecule has 1 amide bonds. The molecule has 0 aliphatic heterocycles. The van der Waals surface area contributed by atoms with Gasteiger partial charge in [-0.05, 0) is 28.7 Å². The van der Waals surface area contributed by atoms with Crippen LogP contribution in [0.25, 0.3) is 11.1 Å². The third-order valence-corrected chi connectivity index (χ3v) is 8.94. The van der Waals surface area contributed by atoms with Crippen LogP contribution in [0.2, 0.25) is 0 Å². The highest BCUT2D eigenvalue weighted by Gasteiger charge is 2.29. The highest BCUT2D eigenvalue weighted by molar-refractivity contribution is 5.79. The van der Waals surface area contributed by atoms with Gasteiger partial charge in [0.05, 0.1) is 39.6 Å². The van der Waals surface area contributed by atoms with Crippen molar-refractivity contribution in [1.29, 1.82) is 0 Å². The second-order valence-corrected chi connectivity index (χ2v) is 12.8. The predicted octanol–water partition coefficient (Wildman–Crippen LogP) is 8.94. The van der Waals surface area contributed by atoms with Crippen LogP contribution >= 0.6 is 0 Å². The lowest BCUT2D eigenvalue weighted by Gasteiger charge is -2.19. The van der Waals surface area contributed by atoms with Crippen LogP contribution in [-0.2, 0) is 28.5 Å². The second kappa shape index (κ2) is 25.1. The summed E-state index contributed by atoms with van der Waals surface area (Å²) in [6.07, 6.45) is 16.9. The molecule has 8 nitrogen and oxygen atoms in total. The van der Waals surface area contributed by atoms with Crippen LogP contribution in [0.5, 0.6) is 0 Å². The molecular formula is C40H61NO7. The molecule has 0 atom stereocenters. The predicted molar refractivity (Wildman–Crippen MR) is 191 cm³/mol. The third kappa shape index (κ3) is 15.5. The summed E-state index contributed by atoms with van der Waals surface area (Å²) in [6, 6.07) is 16.6. The van der Waals surface area contributed by atoms with Gasteiger partial charge in [-0.15, -0.1) is 0 Å². The number of benzene rings is 2. The number of carbonyl (C=O) groups is 2. The number of esters is 1. The van der Waals surface area contributed by atoms with Gasteiger partial charge in [-0.1, -0.05) is 133 Å². The van der Waals surface area contributed by atoms with E-state index in [9.17, 15) is 9.59 Å². The molecule has 2 aromatic carbocycles. The lowest BCUT2D eigenvalue weighted by Crippen LogP contribution is -2.32. The van der Waals surface area contributed by atoms with E-state index in [1.54, 1.807) is 7.05 Å². The largest absolute Gasteiger partial charge is 0.463 e. The molecule has 0 spiro atoms. The summed E-state index contributed by atoms with van der Waals surface area (Å²) >= 11 is 0. The molecule has 0 saturated heterocycles. The second-order valence-electron chi connectivity index (χ2n) is 12.8. The fraction of sp³-hybridized carbons (Fsp3) is 0.650. The lowest BCUT2D eigenvalue weighted by atomic mass is 9.98. The molecule has 0 unspecified atom stereocenters. The molecule has 48 heavy (non-hydrogen) atoms. The number of rotatable bonds is 28. The molecule has 8 heteroatoms. The molecule has 0 fully saturated rings. The Morgan fingerprint density at radius 2 is 1.04 bits per heavy atom. The molecule has 268 valence electrons.